The molecule has 0 aliphatic carbocycles. The zero-order valence-corrected chi connectivity index (χ0v) is 12.9. The minimum Gasteiger partial charge on any atom is -0.143 e. The number of rotatable bonds is 2. The van der Waals surface area contributed by atoms with Crippen LogP contribution in [0, 0.1) is 3.57 Å². The highest BCUT2D eigenvalue weighted by molar-refractivity contribution is 14.1. The van der Waals surface area contributed by atoms with E-state index in [9.17, 15) is 0 Å². The van der Waals surface area contributed by atoms with Gasteiger partial charge in [-0.2, -0.15) is 0 Å². The van der Waals surface area contributed by atoms with Gasteiger partial charge in [-0.1, -0.05) is 22.0 Å². The van der Waals surface area contributed by atoms with Gasteiger partial charge in [0.2, 0.25) is 0 Å². The lowest BCUT2D eigenvalue weighted by Gasteiger charge is -2.03. The van der Waals surface area contributed by atoms with Gasteiger partial charge in [-0.15, -0.1) is 23.1 Å². The Morgan fingerprint density at radius 2 is 2.29 bits per heavy atom. The van der Waals surface area contributed by atoms with E-state index in [1.165, 1.54) is 24.1 Å². The van der Waals surface area contributed by atoms with Gasteiger partial charge in [0, 0.05) is 29.3 Å². The molecule has 0 bridgehead atoms. The van der Waals surface area contributed by atoms with Crippen molar-refractivity contribution in [3.63, 3.8) is 0 Å². The second kappa shape index (κ2) is 4.72. The van der Waals surface area contributed by atoms with E-state index in [2.05, 4.69) is 62.3 Å². The van der Waals surface area contributed by atoms with Crippen LogP contribution in [0.25, 0.3) is 10.1 Å². The molecule has 0 N–H and O–H groups in total. The summed E-state index contributed by atoms with van der Waals surface area (Å²) in [6.45, 7) is 0. The molecular formula is C10H8BrIS2. The number of benzene rings is 1. The number of fused-ring (bicyclic) bond motifs is 1. The predicted octanol–water partition coefficient (Wildman–Crippen LogP) is 5.12. The Labute approximate surface area is 114 Å². The molecular weight excluding hydrogens is 391 g/mol. The average Bonchev–Trinajstić information content (AvgIpc) is 2.62. The normalized spacial score (nSPS) is 11.1. The average molecular weight is 399 g/mol. The van der Waals surface area contributed by atoms with Gasteiger partial charge >= 0.3 is 0 Å². The fourth-order valence-corrected chi connectivity index (χ4v) is 5.51. The van der Waals surface area contributed by atoms with Gasteiger partial charge < -0.3 is 0 Å². The molecule has 0 aliphatic rings. The number of alkyl halides is 1. The quantitative estimate of drug-likeness (QED) is 0.384. The van der Waals surface area contributed by atoms with E-state index in [-0.39, 0.29) is 0 Å². The lowest BCUT2D eigenvalue weighted by Crippen LogP contribution is -1.84. The fraction of sp³-hybridized carbons (Fsp3) is 0.200. The first-order valence-corrected chi connectivity index (χ1v) is 8.37. The van der Waals surface area contributed by atoms with E-state index in [1.807, 2.05) is 23.1 Å². The summed E-state index contributed by atoms with van der Waals surface area (Å²) in [6.07, 6.45) is 2.14. The van der Waals surface area contributed by atoms with Crippen LogP contribution >= 0.6 is 61.6 Å². The highest BCUT2D eigenvalue weighted by atomic mass is 127. The Morgan fingerprint density at radius 1 is 1.50 bits per heavy atom. The van der Waals surface area contributed by atoms with Crippen LogP contribution in [0.2, 0.25) is 0 Å². The first-order valence-electron chi connectivity index (χ1n) is 4.06. The second-order valence-corrected chi connectivity index (χ2v) is 6.25. The smallest absolute Gasteiger partial charge is 0.0365 e. The van der Waals surface area contributed by atoms with Crippen molar-refractivity contribution in [3.05, 3.63) is 26.6 Å². The van der Waals surface area contributed by atoms with E-state index in [1.54, 1.807) is 0 Å². The summed E-state index contributed by atoms with van der Waals surface area (Å²) in [7, 11) is 0. The Hall–Kier alpha value is 0.740. The van der Waals surface area contributed by atoms with Gasteiger partial charge in [-0.25, -0.2) is 0 Å². The Kier molecular flexibility index (Phi) is 3.79. The van der Waals surface area contributed by atoms with Crippen LogP contribution in [0.4, 0.5) is 0 Å². The van der Waals surface area contributed by atoms with E-state index in [0.29, 0.717) is 0 Å². The minimum absolute atomic E-state index is 0.935. The van der Waals surface area contributed by atoms with E-state index in [0.717, 1.165) is 5.33 Å². The molecule has 0 nitrogen and oxygen atoms in total. The summed E-state index contributed by atoms with van der Waals surface area (Å²) < 4.78 is 2.78. The van der Waals surface area contributed by atoms with Crippen LogP contribution in [-0.4, -0.2) is 6.26 Å². The molecule has 2 rings (SSSR count). The van der Waals surface area contributed by atoms with Gasteiger partial charge in [-0.3, -0.25) is 0 Å². The number of hydrogen-bond acceptors (Lipinski definition) is 2. The maximum Gasteiger partial charge on any atom is 0.0365 e. The van der Waals surface area contributed by atoms with Crippen molar-refractivity contribution in [2.45, 2.75) is 10.2 Å². The molecule has 0 saturated carbocycles. The predicted molar refractivity (Wildman–Crippen MR) is 79.0 cm³/mol. The molecule has 14 heavy (non-hydrogen) atoms. The highest BCUT2D eigenvalue weighted by Crippen LogP contribution is 2.37. The molecule has 0 saturated heterocycles. The lowest BCUT2D eigenvalue weighted by atomic mass is 10.2. The summed E-state index contributed by atoms with van der Waals surface area (Å²) in [5, 5.41) is 4.61. The molecule has 1 aromatic heterocycles. The first kappa shape index (κ1) is 11.2. The summed E-state index contributed by atoms with van der Waals surface area (Å²) >= 11 is 9.63. The van der Waals surface area contributed by atoms with E-state index in [4.69, 9.17) is 0 Å². The van der Waals surface area contributed by atoms with Gasteiger partial charge in [0.15, 0.2) is 0 Å². The molecule has 74 valence electrons. The van der Waals surface area contributed by atoms with E-state index >= 15 is 0 Å². The summed E-state index contributed by atoms with van der Waals surface area (Å²) in [6, 6.07) is 4.43. The van der Waals surface area contributed by atoms with Crippen molar-refractivity contribution in [2.24, 2.45) is 0 Å². The standard InChI is InChI=1S/C10H8BrIS2/c1-13-8-5-14-7-3-2-6(4-11)10(12)9(7)8/h2-3,5H,4H2,1H3. The molecule has 0 aliphatic heterocycles. The van der Waals surface area contributed by atoms with Crippen LogP contribution < -0.4 is 0 Å². The second-order valence-electron chi connectivity index (χ2n) is 2.85. The minimum atomic E-state index is 0.935. The third-order valence-corrected chi connectivity index (χ3v) is 5.78. The van der Waals surface area contributed by atoms with Crippen molar-refractivity contribution in [1.82, 2.24) is 0 Å². The van der Waals surface area contributed by atoms with Gasteiger partial charge in [0.1, 0.15) is 0 Å². The van der Waals surface area contributed by atoms with Gasteiger partial charge in [-0.05, 0) is 40.5 Å². The molecule has 4 heteroatoms. The Balaban J connectivity index is 2.77. The first-order chi connectivity index (χ1) is 6.77. The van der Waals surface area contributed by atoms with Crippen molar-refractivity contribution in [3.8, 4) is 0 Å². The summed E-state index contributed by atoms with van der Waals surface area (Å²) in [5.74, 6) is 0. The van der Waals surface area contributed by atoms with Gasteiger partial charge in [0.05, 0.1) is 0 Å². The zero-order valence-electron chi connectivity index (χ0n) is 7.51. The molecule has 1 aromatic carbocycles. The van der Waals surface area contributed by atoms with Crippen LogP contribution in [0.15, 0.2) is 22.4 Å². The van der Waals surface area contributed by atoms with Crippen LogP contribution in [0.3, 0.4) is 0 Å². The maximum atomic E-state index is 3.52. The third-order valence-electron chi connectivity index (χ3n) is 2.09. The molecule has 0 spiro atoms. The molecule has 0 fully saturated rings. The SMILES string of the molecule is CSc1csc2ccc(CBr)c(I)c12. The van der Waals surface area contributed by atoms with Crippen LogP contribution in [-0.2, 0) is 5.33 Å². The highest BCUT2D eigenvalue weighted by Gasteiger charge is 2.09. The topological polar surface area (TPSA) is 0 Å². The Morgan fingerprint density at radius 3 is 2.93 bits per heavy atom. The molecule has 0 atom stereocenters. The molecule has 1 heterocycles. The third kappa shape index (κ3) is 1.86. The number of halogens is 2. The summed E-state index contributed by atoms with van der Waals surface area (Å²) in [4.78, 5) is 1.40. The summed E-state index contributed by atoms with van der Waals surface area (Å²) in [5.41, 5.74) is 1.38. The number of hydrogen-bond donors (Lipinski definition) is 0. The van der Waals surface area contributed by atoms with Gasteiger partial charge in [0.25, 0.3) is 0 Å². The van der Waals surface area contributed by atoms with Crippen LogP contribution in [0.5, 0.6) is 0 Å². The largest absolute Gasteiger partial charge is 0.143 e. The molecule has 0 amide bonds. The van der Waals surface area contributed by atoms with Crippen molar-refractivity contribution in [2.75, 3.05) is 6.26 Å². The van der Waals surface area contributed by atoms with E-state index < -0.39 is 0 Å². The monoisotopic (exact) mass is 398 g/mol. The zero-order chi connectivity index (χ0) is 10.1. The molecule has 0 unspecified atom stereocenters. The van der Waals surface area contributed by atoms with Crippen LogP contribution in [0.1, 0.15) is 5.56 Å². The molecule has 2 aromatic rings. The number of thiophene rings is 1. The maximum absolute atomic E-state index is 3.52. The van der Waals surface area contributed by atoms with Crippen molar-refractivity contribution in [1.29, 1.82) is 0 Å². The number of thioether (sulfide) groups is 1. The van der Waals surface area contributed by atoms with Crippen molar-refractivity contribution >= 4 is 71.7 Å². The fourth-order valence-electron chi connectivity index (χ4n) is 1.36. The Bertz CT molecular complexity index is 464. The van der Waals surface area contributed by atoms with Crippen molar-refractivity contribution < 1.29 is 0 Å². The molecule has 0 radical (unpaired) electrons. The lowest BCUT2D eigenvalue weighted by molar-refractivity contribution is 1.42.